The molecule has 0 bridgehead atoms. The second-order valence-corrected chi connectivity index (χ2v) is 6.63. The first kappa shape index (κ1) is 15.6. The Morgan fingerprint density at radius 1 is 1.35 bits per heavy atom. The molecule has 0 spiro atoms. The van der Waals surface area contributed by atoms with Crippen LogP contribution in [0.1, 0.15) is 30.9 Å². The Morgan fingerprint density at radius 2 is 2.13 bits per heavy atom. The van der Waals surface area contributed by atoms with E-state index in [-0.39, 0.29) is 11.4 Å². The van der Waals surface area contributed by atoms with Crippen molar-refractivity contribution in [2.24, 2.45) is 7.05 Å². The summed E-state index contributed by atoms with van der Waals surface area (Å²) >= 11 is 0. The SMILES string of the molecule is Cn1cc(CNC(=O)N2CCC[C@](C)(c3ccccc3)C2)cn1. The van der Waals surface area contributed by atoms with Crippen LogP contribution in [-0.2, 0) is 19.0 Å². The first-order valence-electron chi connectivity index (χ1n) is 8.13. The molecule has 5 nitrogen and oxygen atoms in total. The van der Waals surface area contributed by atoms with Gasteiger partial charge in [0.1, 0.15) is 0 Å². The molecule has 23 heavy (non-hydrogen) atoms. The van der Waals surface area contributed by atoms with E-state index in [1.54, 1.807) is 10.9 Å². The highest BCUT2D eigenvalue weighted by molar-refractivity contribution is 5.74. The van der Waals surface area contributed by atoms with Gasteiger partial charge in [0.15, 0.2) is 0 Å². The lowest BCUT2D eigenvalue weighted by Gasteiger charge is -2.40. The number of urea groups is 1. The van der Waals surface area contributed by atoms with Gasteiger partial charge in [-0.15, -0.1) is 0 Å². The molecule has 2 aromatic rings. The number of nitrogens with zero attached hydrogens (tertiary/aromatic N) is 3. The number of likely N-dealkylation sites (tertiary alicyclic amines) is 1. The molecule has 3 rings (SSSR count). The molecule has 0 aliphatic carbocycles. The average Bonchev–Trinajstić information content (AvgIpc) is 2.99. The van der Waals surface area contributed by atoms with Gasteiger partial charge in [0.05, 0.1) is 6.20 Å². The first-order chi connectivity index (χ1) is 11.1. The van der Waals surface area contributed by atoms with Gasteiger partial charge in [-0.2, -0.15) is 5.10 Å². The molecule has 0 unspecified atom stereocenters. The average molecular weight is 312 g/mol. The van der Waals surface area contributed by atoms with Gasteiger partial charge in [0.2, 0.25) is 0 Å². The third-order valence-electron chi connectivity index (χ3n) is 4.66. The van der Waals surface area contributed by atoms with Crippen LogP contribution in [0.5, 0.6) is 0 Å². The maximum atomic E-state index is 12.5. The molecule has 1 aromatic heterocycles. The molecule has 1 N–H and O–H groups in total. The fraction of sp³-hybridized carbons (Fsp3) is 0.444. The van der Waals surface area contributed by atoms with Gasteiger partial charge in [-0.3, -0.25) is 4.68 Å². The van der Waals surface area contributed by atoms with Crippen LogP contribution in [0.3, 0.4) is 0 Å². The summed E-state index contributed by atoms with van der Waals surface area (Å²) in [4.78, 5) is 14.4. The normalized spacial score (nSPS) is 21.2. The second-order valence-electron chi connectivity index (χ2n) is 6.63. The third kappa shape index (κ3) is 3.55. The smallest absolute Gasteiger partial charge is 0.317 e. The van der Waals surface area contributed by atoms with Crippen LogP contribution in [0.4, 0.5) is 4.79 Å². The molecule has 122 valence electrons. The number of carbonyl (C=O) groups is 1. The number of aromatic nitrogens is 2. The molecular weight excluding hydrogens is 288 g/mol. The first-order valence-corrected chi connectivity index (χ1v) is 8.13. The Bertz CT molecular complexity index is 667. The van der Waals surface area contributed by atoms with Crippen molar-refractivity contribution in [3.63, 3.8) is 0 Å². The lowest BCUT2D eigenvalue weighted by molar-refractivity contribution is 0.155. The summed E-state index contributed by atoms with van der Waals surface area (Å²) in [6.45, 7) is 4.35. The van der Waals surface area contributed by atoms with Crippen LogP contribution in [0.15, 0.2) is 42.7 Å². The van der Waals surface area contributed by atoms with Crippen LogP contribution >= 0.6 is 0 Å². The topological polar surface area (TPSA) is 50.2 Å². The van der Waals surface area contributed by atoms with Gasteiger partial charge < -0.3 is 10.2 Å². The zero-order valence-corrected chi connectivity index (χ0v) is 13.8. The highest BCUT2D eigenvalue weighted by atomic mass is 16.2. The van der Waals surface area contributed by atoms with Gasteiger partial charge >= 0.3 is 6.03 Å². The van der Waals surface area contributed by atoms with Crippen molar-refractivity contribution in [2.45, 2.75) is 31.7 Å². The maximum absolute atomic E-state index is 12.5. The number of carbonyl (C=O) groups excluding carboxylic acids is 1. The van der Waals surface area contributed by atoms with Crippen molar-refractivity contribution in [1.29, 1.82) is 0 Å². The Labute approximate surface area is 137 Å². The van der Waals surface area contributed by atoms with E-state index in [2.05, 4.69) is 41.6 Å². The number of hydrogen-bond donors (Lipinski definition) is 1. The third-order valence-corrected chi connectivity index (χ3v) is 4.66. The molecule has 1 aliphatic rings. The maximum Gasteiger partial charge on any atom is 0.317 e. The standard InChI is InChI=1S/C18H24N4O/c1-18(16-7-4-3-5-8-16)9-6-10-22(14-18)17(23)19-11-15-12-20-21(2)13-15/h3-5,7-8,12-13H,6,9-11,14H2,1-2H3,(H,19,23)/t18-/m0/s1. The van der Waals surface area contributed by atoms with Crippen molar-refractivity contribution < 1.29 is 4.79 Å². The monoisotopic (exact) mass is 312 g/mol. The zero-order valence-electron chi connectivity index (χ0n) is 13.8. The van der Waals surface area contributed by atoms with Gasteiger partial charge in [-0.1, -0.05) is 37.3 Å². The Hall–Kier alpha value is -2.30. The lowest BCUT2D eigenvalue weighted by atomic mass is 9.76. The predicted molar refractivity (Wildman–Crippen MR) is 90.0 cm³/mol. The van der Waals surface area contributed by atoms with E-state index in [4.69, 9.17) is 0 Å². The van der Waals surface area contributed by atoms with Gasteiger partial charge in [0, 0.05) is 43.9 Å². The molecule has 2 heterocycles. The summed E-state index contributed by atoms with van der Waals surface area (Å²) in [5.41, 5.74) is 2.36. The van der Waals surface area contributed by atoms with E-state index < -0.39 is 0 Å². The van der Waals surface area contributed by atoms with Gasteiger partial charge in [-0.25, -0.2) is 4.79 Å². The number of benzene rings is 1. The Morgan fingerprint density at radius 3 is 2.83 bits per heavy atom. The van der Waals surface area contributed by atoms with E-state index in [1.807, 2.05) is 24.2 Å². The molecule has 2 amide bonds. The number of rotatable bonds is 3. The van der Waals surface area contributed by atoms with Crippen LogP contribution < -0.4 is 5.32 Å². The van der Waals surface area contributed by atoms with Crippen LogP contribution in [-0.4, -0.2) is 33.8 Å². The lowest BCUT2D eigenvalue weighted by Crippen LogP contribution is -2.50. The molecular formula is C18H24N4O. The largest absolute Gasteiger partial charge is 0.334 e. The van der Waals surface area contributed by atoms with Crippen LogP contribution in [0.25, 0.3) is 0 Å². The summed E-state index contributed by atoms with van der Waals surface area (Å²) in [5, 5.41) is 7.13. The second kappa shape index (κ2) is 6.44. The van der Waals surface area contributed by atoms with Crippen molar-refractivity contribution in [1.82, 2.24) is 20.0 Å². The minimum Gasteiger partial charge on any atom is -0.334 e. The molecule has 1 aromatic carbocycles. The quantitative estimate of drug-likeness (QED) is 0.947. The number of piperidine rings is 1. The van der Waals surface area contributed by atoms with Crippen molar-refractivity contribution >= 4 is 6.03 Å². The summed E-state index contributed by atoms with van der Waals surface area (Å²) in [6.07, 6.45) is 5.85. The van der Waals surface area contributed by atoms with Gasteiger partial charge in [0.25, 0.3) is 0 Å². The summed E-state index contributed by atoms with van der Waals surface area (Å²) < 4.78 is 1.74. The van der Waals surface area contributed by atoms with Gasteiger partial charge in [-0.05, 0) is 18.4 Å². The predicted octanol–water partition coefficient (Wildman–Crippen LogP) is 2.68. The van der Waals surface area contributed by atoms with Crippen molar-refractivity contribution in [2.75, 3.05) is 13.1 Å². The fourth-order valence-electron chi connectivity index (χ4n) is 3.34. The molecule has 5 heteroatoms. The number of hydrogen-bond acceptors (Lipinski definition) is 2. The Balaban J connectivity index is 1.62. The number of nitrogens with one attached hydrogen (secondary N) is 1. The minimum atomic E-state index is 0.00992. The van der Waals surface area contributed by atoms with E-state index in [0.29, 0.717) is 6.54 Å². The van der Waals surface area contributed by atoms with Crippen molar-refractivity contribution in [3.8, 4) is 0 Å². The Kier molecular flexibility index (Phi) is 4.37. The summed E-state index contributed by atoms with van der Waals surface area (Å²) in [7, 11) is 1.88. The van der Waals surface area contributed by atoms with E-state index in [0.717, 1.165) is 31.5 Å². The molecule has 1 atom stereocenters. The van der Waals surface area contributed by atoms with E-state index >= 15 is 0 Å². The summed E-state index contributed by atoms with van der Waals surface area (Å²) in [6, 6.07) is 10.5. The van der Waals surface area contributed by atoms with E-state index in [1.165, 1.54) is 5.56 Å². The molecule has 1 fully saturated rings. The molecule has 1 aliphatic heterocycles. The molecule has 0 saturated carbocycles. The van der Waals surface area contributed by atoms with Crippen molar-refractivity contribution in [3.05, 3.63) is 53.9 Å². The zero-order chi connectivity index (χ0) is 16.3. The number of amides is 2. The molecule has 1 saturated heterocycles. The fourth-order valence-corrected chi connectivity index (χ4v) is 3.34. The minimum absolute atomic E-state index is 0.00992. The van der Waals surface area contributed by atoms with Crippen LogP contribution in [0.2, 0.25) is 0 Å². The number of aryl methyl sites for hydroxylation is 1. The van der Waals surface area contributed by atoms with E-state index in [9.17, 15) is 4.79 Å². The highest BCUT2D eigenvalue weighted by Crippen LogP contribution is 2.33. The highest BCUT2D eigenvalue weighted by Gasteiger charge is 2.34. The summed E-state index contributed by atoms with van der Waals surface area (Å²) in [5.74, 6) is 0. The molecule has 0 radical (unpaired) electrons. The van der Waals surface area contributed by atoms with Crippen LogP contribution in [0, 0.1) is 0 Å².